The Morgan fingerprint density at radius 2 is 2.17 bits per heavy atom. The highest BCUT2D eigenvalue weighted by molar-refractivity contribution is 7.09. The third kappa shape index (κ3) is 4.92. The van der Waals surface area contributed by atoms with Gasteiger partial charge in [0.15, 0.2) is 5.69 Å². The molecule has 0 aliphatic carbocycles. The maximum absolute atomic E-state index is 12.3. The smallest absolute Gasteiger partial charge is 0.355 e. The van der Waals surface area contributed by atoms with E-state index in [9.17, 15) is 9.59 Å². The summed E-state index contributed by atoms with van der Waals surface area (Å²) in [7, 11) is 1.55. The van der Waals surface area contributed by atoms with Crippen molar-refractivity contribution in [2.24, 2.45) is 0 Å². The zero-order valence-electron chi connectivity index (χ0n) is 12.7. The Morgan fingerprint density at radius 3 is 2.83 bits per heavy atom. The summed E-state index contributed by atoms with van der Waals surface area (Å²) in [5.41, 5.74) is 0.240. The third-order valence-electron chi connectivity index (χ3n) is 2.90. The number of rotatable bonds is 8. The van der Waals surface area contributed by atoms with Crippen LogP contribution >= 0.6 is 22.9 Å². The molecule has 24 heavy (non-hydrogen) atoms. The Bertz CT molecular complexity index is 734. The molecule has 0 radical (unpaired) electrons. The molecule has 1 aromatic carbocycles. The number of carboxylic acid groups (broad SMARTS) is 1. The number of carbonyl (C=O) groups excluding carboxylic acids is 1. The number of thiazole rings is 1. The number of hydrogen-bond acceptors (Lipinski definition) is 6. The Labute approximate surface area is 147 Å². The van der Waals surface area contributed by atoms with Gasteiger partial charge >= 0.3 is 5.97 Å². The fourth-order valence-corrected chi connectivity index (χ4v) is 2.66. The number of benzene rings is 1. The Morgan fingerprint density at radius 1 is 1.38 bits per heavy atom. The molecule has 1 amide bonds. The van der Waals surface area contributed by atoms with Gasteiger partial charge in [0.1, 0.15) is 17.4 Å². The zero-order valence-corrected chi connectivity index (χ0v) is 14.3. The minimum Gasteiger partial charge on any atom is -0.490 e. The first-order valence-electron chi connectivity index (χ1n) is 6.88. The van der Waals surface area contributed by atoms with Crippen LogP contribution in [0, 0.1) is 0 Å². The molecular formula is C15H15ClN2O5S. The van der Waals surface area contributed by atoms with Crippen molar-refractivity contribution in [3.8, 4) is 5.75 Å². The van der Waals surface area contributed by atoms with Crippen LogP contribution in [0.3, 0.4) is 0 Å². The van der Waals surface area contributed by atoms with Crippen LogP contribution in [-0.2, 0) is 11.3 Å². The molecule has 2 rings (SSSR count). The molecule has 0 aliphatic heterocycles. The second-order valence-electron chi connectivity index (χ2n) is 4.60. The van der Waals surface area contributed by atoms with E-state index in [-0.39, 0.29) is 17.8 Å². The largest absolute Gasteiger partial charge is 0.490 e. The number of nitrogens with zero attached hydrogens (tertiary/aromatic N) is 1. The van der Waals surface area contributed by atoms with Gasteiger partial charge in [-0.05, 0) is 18.2 Å². The number of carbonyl (C=O) groups is 2. The van der Waals surface area contributed by atoms with Crippen molar-refractivity contribution in [3.63, 3.8) is 0 Å². The van der Waals surface area contributed by atoms with E-state index in [2.05, 4.69) is 10.3 Å². The van der Waals surface area contributed by atoms with Gasteiger partial charge in [-0.15, -0.1) is 11.3 Å². The number of ether oxygens (including phenoxy) is 2. The predicted molar refractivity (Wildman–Crippen MR) is 89.1 cm³/mol. The number of aromatic carboxylic acids is 1. The highest BCUT2D eigenvalue weighted by atomic mass is 35.5. The van der Waals surface area contributed by atoms with E-state index < -0.39 is 11.9 Å². The lowest BCUT2D eigenvalue weighted by Crippen LogP contribution is -2.23. The van der Waals surface area contributed by atoms with Gasteiger partial charge in [-0.25, -0.2) is 9.78 Å². The van der Waals surface area contributed by atoms with Crippen molar-refractivity contribution < 1.29 is 24.2 Å². The Hall–Kier alpha value is -2.16. The molecule has 0 saturated carbocycles. The third-order valence-corrected chi connectivity index (χ3v) is 3.99. The summed E-state index contributed by atoms with van der Waals surface area (Å²) in [6.45, 7) is 0.800. The van der Waals surface area contributed by atoms with Crippen molar-refractivity contribution >= 4 is 34.8 Å². The number of hydrogen-bond donors (Lipinski definition) is 2. The molecule has 0 aliphatic rings. The first-order valence-corrected chi connectivity index (χ1v) is 8.14. The van der Waals surface area contributed by atoms with Crippen LogP contribution in [0.15, 0.2) is 23.6 Å². The van der Waals surface area contributed by atoms with Crippen LogP contribution in [0.2, 0.25) is 5.02 Å². The lowest BCUT2D eigenvalue weighted by Gasteiger charge is -2.11. The van der Waals surface area contributed by atoms with E-state index in [0.29, 0.717) is 29.0 Å². The van der Waals surface area contributed by atoms with Crippen LogP contribution in [0.4, 0.5) is 0 Å². The van der Waals surface area contributed by atoms with Crippen LogP contribution in [-0.4, -0.2) is 42.3 Å². The van der Waals surface area contributed by atoms with E-state index in [1.54, 1.807) is 19.2 Å². The van der Waals surface area contributed by atoms with Gasteiger partial charge in [0.2, 0.25) is 0 Å². The summed E-state index contributed by atoms with van der Waals surface area (Å²) >= 11 is 7.10. The Balaban J connectivity index is 2.04. The molecule has 1 heterocycles. The summed E-state index contributed by atoms with van der Waals surface area (Å²) in [5.74, 6) is -1.11. The van der Waals surface area contributed by atoms with Crippen LogP contribution in [0.1, 0.15) is 25.9 Å². The van der Waals surface area contributed by atoms with Crippen molar-refractivity contribution in [1.82, 2.24) is 10.3 Å². The van der Waals surface area contributed by atoms with E-state index in [4.69, 9.17) is 26.2 Å². The lowest BCUT2D eigenvalue weighted by atomic mass is 10.2. The summed E-state index contributed by atoms with van der Waals surface area (Å²) in [6, 6.07) is 4.74. The normalized spacial score (nSPS) is 10.4. The zero-order chi connectivity index (χ0) is 17.5. The second kappa shape index (κ2) is 8.62. The van der Waals surface area contributed by atoms with Gasteiger partial charge in [-0.3, -0.25) is 4.79 Å². The average molecular weight is 371 g/mol. The monoisotopic (exact) mass is 370 g/mol. The first kappa shape index (κ1) is 18.2. The molecule has 2 aromatic rings. The highest BCUT2D eigenvalue weighted by Crippen LogP contribution is 2.23. The molecule has 2 N–H and O–H groups in total. The van der Waals surface area contributed by atoms with Gasteiger partial charge in [-0.2, -0.15) is 0 Å². The minimum absolute atomic E-state index is 0.0457. The maximum Gasteiger partial charge on any atom is 0.355 e. The van der Waals surface area contributed by atoms with Crippen molar-refractivity contribution in [2.45, 2.75) is 6.54 Å². The molecule has 7 nitrogen and oxygen atoms in total. The predicted octanol–water partition coefficient (Wildman–Crippen LogP) is 2.45. The number of nitrogens with one attached hydrogen (secondary N) is 1. The quantitative estimate of drug-likeness (QED) is 0.693. The molecule has 0 spiro atoms. The molecule has 128 valence electrons. The Kier molecular flexibility index (Phi) is 6.53. The SMILES string of the molecule is COCCOc1ccc(Cl)cc1C(=O)NCc1nc(C(=O)O)cs1. The molecule has 0 atom stereocenters. The minimum atomic E-state index is -1.10. The van der Waals surface area contributed by atoms with E-state index in [1.807, 2.05) is 0 Å². The molecule has 0 unspecified atom stereocenters. The van der Waals surface area contributed by atoms with Gasteiger partial charge in [0.25, 0.3) is 5.91 Å². The standard InChI is InChI=1S/C15H15ClN2O5S/c1-22-4-5-23-12-3-2-9(16)6-10(12)14(19)17-7-13-18-11(8-24-13)15(20)21/h2-3,6,8H,4-5,7H2,1H3,(H,17,19)(H,20,21). The number of methoxy groups -OCH3 is 1. The molecule has 0 fully saturated rings. The maximum atomic E-state index is 12.3. The fourth-order valence-electron chi connectivity index (χ4n) is 1.78. The second-order valence-corrected chi connectivity index (χ2v) is 5.98. The van der Waals surface area contributed by atoms with Crippen LogP contribution in [0.5, 0.6) is 5.75 Å². The average Bonchev–Trinajstić information content (AvgIpc) is 3.03. The number of aromatic nitrogens is 1. The lowest BCUT2D eigenvalue weighted by molar-refractivity contribution is 0.0691. The highest BCUT2D eigenvalue weighted by Gasteiger charge is 2.15. The topological polar surface area (TPSA) is 97.8 Å². The number of carboxylic acids is 1. The van der Waals surface area contributed by atoms with Gasteiger partial charge in [-0.1, -0.05) is 11.6 Å². The summed E-state index contributed by atoms with van der Waals surface area (Å²) in [5, 5.41) is 13.8. The number of amides is 1. The van der Waals surface area contributed by atoms with E-state index in [0.717, 1.165) is 11.3 Å². The molecule has 0 saturated heterocycles. The van der Waals surface area contributed by atoms with Gasteiger partial charge in [0, 0.05) is 17.5 Å². The molecular weight excluding hydrogens is 356 g/mol. The van der Waals surface area contributed by atoms with Crippen LogP contribution in [0.25, 0.3) is 0 Å². The fraction of sp³-hybridized carbons (Fsp3) is 0.267. The molecule has 9 heteroatoms. The molecule has 0 bridgehead atoms. The van der Waals surface area contributed by atoms with Crippen molar-refractivity contribution in [1.29, 1.82) is 0 Å². The summed E-state index contributed by atoms with van der Waals surface area (Å²) < 4.78 is 10.4. The number of halogens is 1. The van der Waals surface area contributed by atoms with E-state index >= 15 is 0 Å². The van der Waals surface area contributed by atoms with Crippen molar-refractivity contribution in [2.75, 3.05) is 20.3 Å². The van der Waals surface area contributed by atoms with Gasteiger partial charge < -0.3 is 19.9 Å². The first-order chi connectivity index (χ1) is 11.5. The van der Waals surface area contributed by atoms with Crippen molar-refractivity contribution in [3.05, 3.63) is 44.9 Å². The van der Waals surface area contributed by atoms with Gasteiger partial charge in [0.05, 0.1) is 18.7 Å². The summed E-state index contributed by atoms with van der Waals surface area (Å²) in [6.07, 6.45) is 0. The molecule has 1 aromatic heterocycles. The van der Waals surface area contributed by atoms with E-state index in [1.165, 1.54) is 11.4 Å². The van der Waals surface area contributed by atoms with Crippen LogP contribution < -0.4 is 10.1 Å². The summed E-state index contributed by atoms with van der Waals surface area (Å²) in [4.78, 5) is 27.0.